The minimum atomic E-state index is -0.538. The Hall–Kier alpha value is -2.57. The molecule has 3 amide bonds. The van der Waals surface area contributed by atoms with Crippen LogP contribution in [0.3, 0.4) is 0 Å². The molecule has 7 heteroatoms. The predicted molar refractivity (Wildman–Crippen MR) is 107 cm³/mol. The van der Waals surface area contributed by atoms with Gasteiger partial charge in [0.05, 0.1) is 6.54 Å². The fourth-order valence-electron chi connectivity index (χ4n) is 3.20. The van der Waals surface area contributed by atoms with E-state index in [4.69, 9.17) is 4.74 Å². The quantitative estimate of drug-likeness (QED) is 0.828. The van der Waals surface area contributed by atoms with Gasteiger partial charge in [0.15, 0.2) is 0 Å². The molecule has 2 rings (SSSR count). The number of carbonyl (C=O) groups excluding carboxylic acids is 3. The number of nitrogens with zero attached hydrogens (tertiary/aromatic N) is 1. The zero-order chi connectivity index (χ0) is 20.9. The summed E-state index contributed by atoms with van der Waals surface area (Å²) in [6, 6.07) is 8.68. The molecule has 1 atom stereocenters. The highest BCUT2D eigenvalue weighted by atomic mass is 16.6. The van der Waals surface area contributed by atoms with Gasteiger partial charge in [0, 0.05) is 30.1 Å². The fourth-order valence-corrected chi connectivity index (χ4v) is 3.20. The first-order chi connectivity index (χ1) is 13.0. The van der Waals surface area contributed by atoms with Gasteiger partial charge in [-0.2, -0.15) is 0 Å². The van der Waals surface area contributed by atoms with E-state index in [1.54, 1.807) is 29.2 Å². The SMILES string of the molecule is CC(C)(C)OC(=O)N1CC[C@H](NC(=O)CNC(=O)c2ccccc2)C(C)(C)C1. The van der Waals surface area contributed by atoms with Gasteiger partial charge < -0.3 is 20.3 Å². The third kappa shape index (κ3) is 6.25. The van der Waals surface area contributed by atoms with E-state index < -0.39 is 5.60 Å². The Morgan fingerprint density at radius 2 is 1.82 bits per heavy atom. The summed E-state index contributed by atoms with van der Waals surface area (Å²) in [6.07, 6.45) is 0.297. The molecule has 0 bridgehead atoms. The predicted octanol–water partition coefficient (Wildman–Crippen LogP) is 2.57. The summed E-state index contributed by atoms with van der Waals surface area (Å²) in [5.74, 6) is -0.525. The molecule has 1 aromatic carbocycles. The van der Waals surface area contributed by atoms with E-state index in [1.165, 1.54) is 0 Å². The second-order valence-electron chi connectivity index (χ2n) is 8.85. The van der Waals surface area contributed by atoms with Crippen LogP contribution in [0.4, 0.5) is 4.79 Å². The summed E-state index contributed by atoms with van der Waals surface area (Å²) in [4.78, 5) is 38.4. The molecule has 0 saturated carbocycles. The van der Waals surface area contributed by atoms with Crippen LogP contribution >= 0.6 is 0 Å². The molecule has 7 nitrogen and oxygen atoms in total. The van der Waals surface area contributed by atoms with Crippen LogP contribution < -0.4 is 10.6 Å². The van der Waals surface area contributed by atoms with Crippen molar-refractivity contribution in [3.05, 3.63) is 35.9 Å². The first-order valence-electron chi connectivity index (χ1n) is 9.58. The first kappa shape index (κ1) is 21.7. The number of rotatable bonds is 4. The number of piperidine rings is 1. The standard InChI is InChI=1S/C21H31N3O4/c1-20(2,3)28-19(27)24-12-11-16(21(4,5)14-24)23-17(25)13-22-18(26)15-9-7-6-8-10-15/h6-10,16H,11-14H2,1-5H3,(H,22,26)(H,23,25)/t16-/m0/s1. The Labute approximate surface area is 166 Å². The number of benzene rings is 1. The van der Waals surface area contributed by atoms with Crippen molar-refractivity contribution in [1.82, 2.24) is 15.5 Å². The number of amides is 3. The molecule has 1 saturated heterocycles. The minimum absolute atomic E-state index is 0.0872. The Morgan fingerprint density at radius 1 is 1.18 bits per heavy atom. The monoisotopic (exact) mass is 389 g/mol. The molecule has 0 spiro atoms. The maximum absolute atomic E-state index is 12.3. The second-order valence-corrected chi connectivity index (χ2v) is 8.85. The Balaban J connectivity index is 1.85. The smallest absolute Gasteiger partial charge is 0.410 e. The van der Waals surface area contributed by atoms with Crippen molar-refractivity contribution >= 4 is 17.9 Å². The zero-order valence-corrected chi connectivity index (χ0v) is 17.4. The van der Waals surface area contributed by atoms with E-state index in [-0.39, 0.29) is 35.9 Å². The highest BCUT2D eigenvalue weighted by Crippen LogP contribution is 2.30. The van der Waals surface area contributed by atoms with E-state index in [0.29, 0.717) is 25.1 Å². The number of hydrogen-bond acceptors (Lipinski definition) is 4. The molecule has 0 aromatic heterocycles. The average molecular weight is 389 g/mol. The molecule has 0 unspecified atom stereocenters. The van der Waals surface area contributed by atoms with Crippen LogP contribution in [-0.4, -0.2) is 54.1 Å². The van der Waals surface area contributed by atoms with Crippen LogP contribution in [-0.2, 0) is 9.53 Å². The van der Waals surface area contributed by atoms with Crippen LogP contribution in [0.15, 0.2) is 30.3 Å². The van der Waals surface area contributed by atoms with Crippen LogP contribution in [0.25, 0.3) is 0 Å². The Bertz CT molecular complexity index is 710. The average Bonchev–Trinajstić information content (AvgIpc) is 2.60. The molecule has 0 radical (unpaired) electrons. The van der Waals surface area contributed by atoms with Gasteiger partial charge in [-0.25, -0.2) is 4.79 Å². The summed E-state index contributed by atoms with van der Waals surface area (Å²) in [5.41, 5.74) is -0.335. The van der Waals surface area contributed by atoms with Gasteiger partial charge >= 0.3 is 6.09 Å². The molecule has 1 aromatic rings. The van der Waals surface area contributed by atoms with Crippen molar-refractivity contribution < 1.29 is 19.1 Å². The first-order valence-corrected chi connectivity index (χ1v) is 9.58. The van der Waals surface area contributed by atoms with Gasteiger partial charge in [0.1, 0.15) is 5.60 Å². The van der Waals surface area contributed by atoms with Gasteiger partial charge in [-0.15, -0.1) is 0 Å². The Morgan fingerprint density at radius 3 is 2.39 bits per heavy atom. The maximum atomic E-state index is 12.3. The lowest BCUT2D eigenvalue weighted by atomic mass is 9.79. The van der Waals surface area contributed by atoms with Crippen LogP contribution in [0.5, 0.6) is 0 Å². The van der Waals surface area contributed by atoms with Gasteiger partial charge in [0.2, 0.25) is 5.91 Å². The molecule has 154 valence electrons. The third-order valence-corrected chi connectivity index (χ3v) is 4.66. The van der Waals surface area contributed by atoms with E-state index in [1.807, 2.05) is 40.7 Å². The summed E-state index contributed by atoms with van der Waals surface area (Å²) in [7, 11) is 0. The normalized spacial score (nSPS) is 18.9. The maximum Gasteiger partial charge on any atom is 0.410 e. The summed E-state index contributed by atoms with van der Waals surface area (Å²) >= 11 is 0. The summed E-state index contributed by atoms with van der Waals surface area (Å²) in [6.45, 7) is 10.5. The van der Waals surface area contributed by atoms with Crippen molar-refractivity contribution in [2.75, 3.05) is 19.6 Å². The number of ether oxygens (including phenoxy) is 1. The number of nitrogens with one attached hydrogen (secondary N) is 2. The lowest BCUT2D eigenvalue weighted by Crippen LogP contribution is -2.58. The van der Waals surface area contributed by atoms with Gasteiger partial charge in [-0.05, 0) is 39.3 Å². The van der Waals surface area contributed by atoms with Gasteiger partial charge in [0.25, 0.3) is 5.91 Å². The third-order valence-electron chi connectivity index (χ3n) is 4.66. The summed E-state index contributed by atoms with van der Waals surface area (Å²) < 4.78 is 5.45. The molecular formula is C21H31N3O4. The van der Waals surface area contributed by atoms with Crippen molar-refractivity contribution in [1.29, 1.82) is 0 Å². The highest BCUT2D eigenvalue weighted by Gasteiger charge is 2.39. The number of carbonyl (C=O) groups is 3. The minimum Gasteiger partial charge on any atom is -0.444 e. The van der Waals surface area contributed by atoms with Gasteiger partial charge in [-0.3, -0.25) is 9.59 Å². The summed E-state index contributed by atoms with van der Waals surface area (Å²) in [5, 5.41) is 5.62. The largest absolute Gasteiger partial charge is 0.444 e. The van der Waals surface area contributed by atoms with E-state index >= 15 is 0 Å². The molecule has 0 aliphatic carbocycles. The molecule has 28 heavy (non-hydrogen) atoms. The van der Waals surface area contributed by atoms with Crippen LogP contribution in [0.1, 0.15) is 51.4 Å². The van der Waals surface area contributed by atoms with Crippen LogP contribution in [0.2, 0.25) is 0 Å². The van der Waals surface area contributed by atoms with E-state index in [2.05, 4.69) is 10.6 Å². The fraction of sp³-hybridized carbons (Fsp3) is 0.571. The van der Waals surface area contributed by atoms with Crippen molar-refractivity contribution in [2.45, 2.75) is 52.7 Å². The van der Waals surface area contributed by atoms with E-state index in [0.717, 1.165) is 0 Å². The molecule has 1 heterocycles. The zero-order valence-electron chi connectivity index (χ0n) is 17.4. The molecule has 1 aliphatic rings. The van der Waals surface area contributed by atoms with Crippen molar-refractivity contribution in [3.63, 3.8) is 0 Å². The lowest BCUT2D eigenvalue weighted by molar-refractivity contribution is -0.122. The Kier molecular flexibility index (Phi) is 6.69. The number of likely N-dealkylation sites (tertiary alicyclic amines) is 1. The second kappa shape index (κ2) is 8.63. The molecule has 1 fully saturated rings. The lowest BCUT2D eigenvalue weighted by Gasteiger charge is -2.44. The highest BCUT2D eigenvalue weighted by molar-refractivity contribution is 5.96. The molecular weight excluding hydrogens is 358 g/mol. The van der Waals surface area contributed by atoms with Crippen molar-refractivity contribution in [3.8, 4) is 0 Å². The van der Waals surface area contributed by atoms with Crippen molar-refractivity contribution in [2.24, 2.45) is 5.41 Å². The van der Waals surface area contributed by atoms with Gasteiger partial charge in [-0.1, -0.05) is 32.0 Å². The molecule has 2 N–H and O–H groups in total. The van der Waals surface area contributed by atoms with Crippen LogP contribution in [0, 0.1) is 5.41 Å². The molecule has 1 aliphatic heterocycles. The van der Waals surface area contributed by atoms with E-state index in [9.17, 15) is 14.4 Å². The number of hydrogen-bond donors (Lipinski definition) is 2. The topological polar surface area (TPSA) is 87.7 Å².